The first kappa shape index (κ1) is 18.0. The van der Waals surface area contributed by atoms with E-state index in [2.05, 4.69) is 5.32 Å². The van der Waals surface area contributed by atoms with Gasteiger partial charge in [0.15, 0.2) is 0 Å². The van der Waals surface area contributed by atoms with Crippen molar-refractivity contribution in [2.24, 2.45) is 0 Å². The van der Waals surface area contributed by atoms with Gasteiger partial charge in [-0.3, -0.25) is 0 Å². The van der Waals surface area contributed by atoms with E-state index in [1.807, 2.05) is 7.05 Å². The van der Waals surface area contributed by atoms with Crippen LogP contribution in [0.3, 0.4) is 0 Å². The molecule has 0 radical (unpaired) electrons. The molecule has 1 aromatic carbocycles. The normalized spacial score (nSPS) is 19.9. The minimum absolute atomic E-state index is 0. The van der Waals surface area contributed by atoms with E-state index in [4.69, 9.17) is 23.2 Å². The zero-order chi connectivity index (χ0) is 14.0. The SMILES string of the molecule is CNCC1CCCN1S(=O)(=O)c1cccc(Cl)c1Cl.Cl. The smallest absolute Gasteiger partial charge is 0.244 e. The molecule has 1 fully saturated rings. The van der Waals surface area contributed by atoms with Gasteiger partial charge < -0.3 is 5.32 Å². The molecule has 1 saturated heterocycles. The molecule has 4 nitrogen and oxygen atoms in total. The minimum atomic E-state index is -3.59. The Morgan fingerprint density at radius 3 is 2.75 bits per heavy atom. The average molecular weight is 360 g/mol. The van der Waals surface area contributed by atoms with Crippen LogP contribution < -0.4 is 5.32 Å². The number of nitrogens with zero attached hydrogens (tertiary/aromatic N) is 1. The van der Waals surface area contributed by atoms with Gasteiger partial charge in [-0.2, -0.15) is 4.31 Å². The van der Waals surface area contributed by atoms with Crippen LogP contribution in [0.25, 0.3) is 0 Å². The van der Waals surface area contributed by atoms with Crippen molar-refractivity contribution >= 4 is 45.6 Å². The predicted octanol–water partition coefficient (Wildman–Crippen LogP) is 2.79. The van der Waals surface area contributed by atoms with Crippen LogP contribution in [0.4, 0.5) is 0 Å². The zero-order valence-electron chi connectivity index (χ0n) is 11.0. The van der Waals surface area contributed by atoms with Gasteiger partial charge in [0.2, 0.25) is 10.0 Å². The van der Waals surface area contributed by atoms with Gasteiger partial charge in [0.05, 0.1) is 10.0 Å². The number of benzene rings is 1. The van der Waals surface area contributed by atoms with Gasteiger partial charge in [0.25, 0.3) is 0 Å². The van der Waals surface area contributed by atoms with Crippen molar-refractivity contribution in [3.8, 4) is 0 Å². The summed E-state index contributed by atoms with van der Waals surface area (Å²) in [5, 5.41) is 3.38. The van der Waals surface area contributed by atoms with Gasteiger partial charge in [-0.25, -0.2) is 8.42 Å². The van der Waals surface area contributed by atoms with Crippen molar-refractivity contribution in [3.05, 3.63) is 28.2 Å². The Balaban J connectivity index is 0.00000200. The third kappa shape index (κ3) is 3.40. The lowest BCUT2D eigenvalue weighted by Gasteiger charge is -2.24. The molecule has 1 unspecified atom stereocenters. The molecule has 1 aliphatic rings. The van der Waals surface area contributed by atoms with Gasteiger partial charge in [-0.15, -0.1) is 12.4 Å². The molecule has 8 heteroatoms. The molecule has 0 aliphatic carbocycles. The maximum atomic E-state index is 12.6. The van der Waals surface area contributed by atoms with E-state index in [1.165, 1.54) is 10.4 Å². The largest absolute Gasteiger partial charge is 0.318 e. The molecule has 2 rings (SSSR count). The van der Waals surface area contributed by atoms with E-state index in [0.717, 1.165) is 12.8 Å². The molecule has 114 valence electrons. The first-order valence-electron chi connectivity index (χ1n) is 6.09. The molecule has 0 aromatic heterocycles. The Hall–Kier alpha value is -0.0400. The lowest BCUT2D eigenvalue weighted by atomic mass is 10.2. The van der Waals surface area contributed by atoms with Crippen LogP contribution >= 0.6 is 35.6 Å². The lowest BCUT2D eigenvalue weighted by Crippen LogP contribution is -2.40. The van der Waals surface area contributed by atoms with Crippen LogP contribution in [-0.4, -0.2) is 38.9 Å². The quantitative estimate of drug-likeness (QED) is 0.899. The molecular formula is C12H17Cl3N2O2S. The van der Waals surface area contributed by atoms with E-state index in [-0.39, 0.29) is 33.4 Å². The Labute approximate surface area is 135 Å². The second-order valence-corrected chi connectivity index (χ2v) is 7.17. The summed E-state index contributed by atoms with van der Waals surface area (Å²) in [5.41, 5.74) is 0. The second kappa shape index (κ2) is 7.29. The molecule has 1 aromatic rings. The van der Waals surface area contributed by atoms with Crippen molar-refractivity contribution in [1.29, 1.82) is 0 Å². The summed E-state index contributed by atoms with van der Waals surface area (Å²) in [6.45, 7) is 1.16. The molecule has 0 spiro atoms. The van der Waals surface area contributed by atoms with E-state index in [1.54, 1.807) is 12.1 Å². The van der Waals surface area contributed by atoms with E-state index in [9.17, 15) is 8.42 Å². The van der Waals surface area contributed by atoms with E-state index < -0.39 is 10.0 Å². The van der Waals surface area contributed by atoms with Crippen LogP contribution in [0.5, 0.6) is 0 Å². The highest BCUT2D eigenvalue weighted by Crippen LogP contribution is 2.33. The third-order valence-electron chi connectivity index (χ3n) is 3.27. The summed E-state index contributed by atoms with van der Waals surface area (Å²) >= 11 is 11.9. The van der Waals surface area contributed by atoms with Crippen molar-refractivity contribution in [1.82, 2.24) is 9.62 Å². The fraction of sp³-hybridized carbons (Fsp3) is 0.500. The Bertz CT molecular complexity index is 566. The van der Waals surface area contributed by atoms with Crippen molar-refractivity contribution < 1.29 is 8.42 Å². The second-order valence-electron chi connectivity index (χ2n) is 4.52. The summed E-state index contributed by atoms with van der Waals surface area (Å²) < 4.78 is 26.8. The van der Waals surface area contributed by atoms with Gasteiger partial charge in [-0.05, 0) is 32.0 Å². The summed E-state index contributed by atoms with van der Waals surface area (Å²) in [5.74, 6) is 0. The predicted molar refractivity (Wildman–Crippen MR) is 84.6 cm³/mol. The fourth-order valence-corrected chi connectivity index (χ4v) is 4.81. The molecule has 1 N–H and O–H groups in total. The number of likely N-dealkylation sites (N-methyl/N-ethyl adjacent to an activating group) is 1. The Morgan fingerprint density at radius 1 is 1.40 bits per heavy atom. The first-order chi connectivity index (χ1) is 8.98. The van der Waals surface area contributed by atoms with Gasteiger partial charge in [0.1, 0.15) is 4.90 Å². The Morgan fingerprint density at radius 2 is 2.10 bits per heavy atom. The maximum Gasteiger partial charge on any atom is 0.244 e. The maximum absolute atomic E-state index is 12.6. The van der Waals surface area contributed by atoms with Gasteiger partial charge in [-0.1, -0.05) is 29.3 Å². The number of nitrogens with one attached hydrogen (secondary N) is 1. The molecule has 1 atom stereocenters. The minimum Gasteiger partial charge on any atom is -0.318 e. The number of halogens is 3. The fourth-order valence-electron chi connectivity index (χ4n) is 2.37. The highest BCUT2D eigenvalue weighted by Gasteiger charge is 2.36. The molecule has 1 heterocycles. The molecular weight excluding hydrogens is 343 g/mol. The molecule has 1 aliphatic heterocycles. The highest BCUT2D eigenvalue weighted by molar-refractivity contribution is 7.89. The van der Waals surface area contributed by atoms with Crippen molar-refractivity contribution in [2.75, 3.05) is 20.1 Å². The lowest BCUT2D eigenvalue weighted by molar-refractivity contribution is 0.379. The summed E-state index contributed by atoms with van der Waals surface area (Å²) in [7, 11) is -1.77. The number of sulfonamides is 1. The average Bonchev–Trinajstić information content (AvgIpc) is 2.82. The summed E-state index contributed by atoms with van der Waals surface area (Å²) in [4.78, 5) is 0.0877. The van der Waals surface area contributed by atoms with E-state index in [0.29, 0.717) is 13.1 Å². The van der Waals surface area contributed by atoms with Gasteiger partial charge >= 0.3 is 0 Å². The van der Waals surface area contributed by atoms with Gasteiger partial charge in [0, 0.05) is 19.1 Å². The number of rotatable bonds is 4. The van der Waals surface area contributed by atoms with Crippen LogP contribution in [0, 0.1) is 0 Å². The van der Waals surface area contributed by atoms with Crippen LogP contribution in [0.1, 0.15) is 12.8 Å². The molecule has 0 amide bonds. The molecule has 20 heavy (non-hydrogen) atoms. The third-order valence-corrected chi connectivity index (χ3v) is 6.19. The summed E-state index contributed by atoms with van der Waals surface area (Å²) in [6.07, 6.45) is 1.72. The summed E-state index contributed by atoms with van der Waals surface area (Å²) in [6, 6.07) is 4.66. The Kier molecular flexibility index (Phi) is 6.57. The van der Waals surface area contributed by atoms with E-state index >= 15 is 0 Å². The molecule has 0 bridgehead atoms. The zero-order valence-corrected chi connectivity index (χ0v) is 14.1. The van der Waals surface area contributed by atoms with Crippen molar-refractivity contribution in [2.45, 2.75) is 23.8 Å². The molecule has 0 saturated carbocycles. The van der Waals surface area contributed by atoms with Crippen LogP contribution in [-0.2, 0) is 10.0 Å². The number of hydrogen-bond donors (Lipinski definition) is 1. The first-order valence-corrected chi connectivity index (χ1v) is 8.28. The highest BCUT2D eigenvalue weighted by atomic mass is 35.5. The van der Waals surface area contributed by atoms with Crippen LogP contribution in [0.2, 0.25) is 10.0 Å². The van der Waals surface area contributed by atoms with Crippen LogP contribution in [0.15, 0.2) is 23.1 Å². The monoisotopic (exact) mass is 358 g/mol. The topological polar surface area (TPSA) is 49.4 Å². The van der Waals surface area contributed by atoms with Crippen molar-refractivity contribution in [3.63, 3.8) is 0 Å². The standard InChI is InChI=1S/C12H16Cl2N2O2S.ClH/c1-15-8-9-4-3-7-16(9)19(17,18)11-6-2-5-10(13)12(11)14;/h2,5-6,9,15H,3-4,7-8H2,1H3;1H. The number of hydrogen-bond acceptors (Lipinski definition) is 3.